The zero-order valence-corrected chi connectivity index (χ0v) is 14.5. The van der Waals surface area contributed by atoms with Crippen molar-refractivity contribution >= 4 is 17.3 Å². The highest BCUT2D eigenvalue weighted by Crippen LogP contribution is 2.23. The van der Waals surface area contributed by atoms with Crippen LogP contribution in [0, 0.1) is 22.0 Å². The van der Waals surface area contributed by atoms with Crippen LogP contribution in [0.2, 0.25) is 0 Å². The second-order valence-corrected chi connectivity index (χ2v) is 7.07. The van der Waals surface area contributed by atoms with Gasteiger partial charge in [0.15, 0.2) is 0 Å². The van der Waals surface area contributed by atoms with Gasteiger partial charge in [0.25, 0.3) is 11.6 Å². The van der Waals surface area contributed by atoms with Crippen LogP contribution in [-0.2, 0) is 0 Å². The normalized spacial score (nSPS) is 22.8. The van der Waals surface area contributed by atoms with E-state index < -0.39 is 4.92 Å². The van der Waals surface area contributed by atoms with Crippen LogP contribution in [0.25, 0.3) is 0 Å². The molecule has 1 aliphatic heterocycles. The number of rotatable bonds is 5. The molecular weight excluding hydrogens is 308 g/mol. The number of piperidine rings is 1. The first-order valence-corrected chi connectivity index (χ1v) is 8.33. The molecule has 1 aliphatic rings. The molecule has 0 aliphatic carbocycles. The van der Waals surface area contributed by atoms with E-state index in [1.807, 2.05) is 6.92 Å². The lowest BCUT2D eigenvalue weighted by Gasteiger charge is -2.36. The first kappa shape index (κ1) is 18.2. The van der Waals surface area contributed by atoms with Gasteiger partial charge < -0.3 is 16.0 Å². The summed E-state index contributed by atoms with van der Waals surface area (Å²) in [7, 11) is 0. The number of nitrogens with one attached hydrogen (secondary N) is 1. The van der Waals surface area contributed by atoms with E-state index in [1.165, 1.54) is 24.6 Å². The van der Waals surface area contributed by atoms with E-state index in [9.17, 15) is 14.9 Å². The average Bonchev–Trinajstić information content (AvgIpc) is 2.45. The van der Waals surface area contributed by atoms with Gasteiger partial charge >= 0.3 is 0 Å². The Morgan fingerprint density at radius 3 is 2.62 bits per heavy atom. The van der Waals surface area contributed by atoms with Crippen LogP contribution in [0.4, 0.5) is 11.4 Å². The minimum absolute atomic E-state index is 0.0355. The maximum Gasteiger partial charge on any atom is 0.292 e. The Morgan fingerprint density at radius 2 is 2.04 bits per heavy atom. The summed E-state index contributed by atoms with van der Waals surface area (Å²) in [4.78, 5) is 25.0. The number of benzene rings is 1. The van der Waals surface area contributed by atoms with Crippen molar-refractivity contribution in [2.75, 3.05) is 25.4 Å². The molecule has 0 bridgehead atoms. The summed E-state index contributed by atoms with van der Waals surface area (Å²) in [5.41, 5.74) is 5.63. The SMILES string of the molecule is CC1CC(C)CN(CC(C)NC(=O)c2ccc(N)c([N+](=O)[O-])c2)C1. The quantitative estimate of drug-likeness (QED) is 0.488. The Balaban J connectivity index is 1.96. The van der Waals surface area contributed by atoms with Gasteiger partial charge in [-0.05, 0) is 37.3 Å². The highest BCUT2D eigenvalue weighted by Gasteiger charge is 2.24. The summed E-state index contributed by atoms with van der Waals surface area (Å²) >= 11 is 0. The fourth-order valence-electron chi connectivity index (χ4n) is 3.52. The van der Waals surface area contributed by atoms with Gasteiger partial charge in [-0.15, -0.1) is 0 Å². The van der Waals surface area contributed by atoms with Crippen molar-refractivity contribution in [3.05, 3.63) is 33.9 Å². The van der Waals surface area contributed by atoms with Crippen molar-refractivity contribution in [1.82, 2.24) is 10.2 Å². The van der Waals surface area contributed by atoms with Crippen LogP contribution in [0.15, 0.2) is 18.2 Å². The third-order valence-corrected chi connectivity index (χ3v) is 4.34. The molecule has 3 N–H and O–H groups in total. The Morgan fingerprint density at radius 1 is 1.42 bits per heavy atom. The molecule has 0 radical (unpaired) electrons. The lowest BCUT2D eigenvalue weighted by atomic mass is 9.92. The molecule has 1 aromatic rings. The number of nitro benzene ring substituents is 1. The lowest BCUT2D eigenvalue weighted by Crippen LogP contribution is -2.47. The molecule has 2 rings (SSSR count). The Bertz CT molecular complexity index is 610. The summed E-state index contributed by atoms with van der Waals surface area (Å²) < 4.78 is 0. The van der Waals surface area contributed by atoms with Crippen molar-refractivity contribution in [1.29, 1.82) is 0 Å². The molecule has 132 valence electrons. The van der Waals surface area contributed by atoms with Crippen molar-refractivity contribution < 1.29 is 9.72 Å². The van der Waals surface area contributed by atoms with Gasteiger partial charge in [0.1, 0.15) is 5.69 Å². The molecular formula is C17H26N4O3. The van der Waals surface area contributed by atoms with Crippen LogP contribution in [-0.4, -0.2) is 41.4 Å². The molecule has 7 heteroatoms. The highest BCUT2D eigenvalue weighted by molar-refractivity contribution is 5.95. The van der Waals surface area contributed by atoms with E-state index in [0.717, 1.165) is 19.6 Å². The van der Waals surface area contributed by atoms with Crippen LogP contribution in [0.3, 0.4) is 0 Å². The maximum absolute atomic E-state index is 12.3. The van der Waals surface area contributed by atoms with Crippen LogP contribution >= 0.6 is 0 Å². The number of nitrogen functional groups attached to an aromatic ring is 1. The summed E-state index contributed by atoms with van der Waals surface area (Å²) in [6.07, 6.45) is 1.24. The smallest absolute Gasteiger partial charge is 0.292 e. The predicted molar refractivity (Wildman–Crippen MR) is 93.8 cm³/mol. The molecule has 1 aromatic carbocycles. The molecule has 3 atom stereocenters. The van der Waals surface area contributed by atoms with E-state index in [4.69, 9.17) is 5.73 Å². The molecule has 0 saturated carbocycles. The monoisotopic (exact) mass is 334 g/mol. The molecule has 0 spiro atoms. The summed E-state index contributed by atoms with van der Waals surface area (Å²) in [6, 6.07) is 4.09. The van der Waals surface area contributed by atoms with E-state index in [0.29, 0.717) is 11.8 Å². The minimum atomic E-state index is -0.577. The van der Waals surface area contributed by atoms with Crippen molar-refractivity contribution in [2.45, 2.75) is 33.2 Å². The number of hydrogen-bond donors (Lipinski definition) is 2. The van der Waals surface area contributed by atoms with Gasteiger partial charge in [0, 0.05) is 37.3 Å². The lowest BCUT2D eigenvalue weighted by molar-refractivity contribution is -0.383. The molecule has 0 aromatic heterocycles. The number of amides is 1. The number of carbonyl (C=O) groups excluding carboxylic acids is 1. The minimum Gasteiger partial charge on any atom is -0.393 e. The molecule has 7 nitrogen and oxygen atoms in total. The molecule has 3 unspecified atom stereocenters. The summed E-state index contributed by atoms with van der Waals surface area (Å²) in [5, 5.41) is 13.8. The number of nitro groups is 1. The topological polar surface area (TPSA) is 102 Å². The van der Waals surface area contributed by atoms with Crippen molar-refractivity contribution in [2.24, 2.45) is 11.8 Å². The second kappa shape index (κ2) is 7.61. The molecule has 24 heavy (non-hydrogen) atoms. The zero-order chi connectivity index (χ0) is 17.9. The number of nitrogens with zero attached hydrogens (tertiary/aromatic N) is 2. The largest absolute Gasteiger partial charge is 0.393 e. The van der Waals surface area contributed by atoms with Gasteiger partial charge in [-0.25, -0.2) is 0 Å². The van der Waals surface area contributed by atoms with Gasteiger partial charge in [0.2, 0.25) is 0 Å². The van der Waals surface area contributed by atoms with Crippen LogP contribution in [0.5, 0.6) is 0 Å². The molecule has 1 saturated heterocycles. The zero-order valence-electron chi connectivity index (χ0n) is 14.5. The van der Waals surface area contributed by atoms with Gasteiger partial charge in [0.05, 0.1) is 4.92 Å². The Hall–Kier alpha value is -2.15. The van der Waals surface area contributed by atoms with E-state index in [1.54, 1.807) is 0 Å². The molecule has 1 amide bonds. The molecule has 1 heterocycles. The van der Waals surface area contributed by atoms with E-state index >= 15 is 0 Å². The summed E-state index contributed by atoms with van der Waals surface area (Å²) in [6.45, 7) is 9.31. The number of likely N-dealkylation sites (tertiary alicyclic amines) is 1. The average molecular weight is 334 g/mol. The second-order valence-electron chi connectivity index (χ2n) is 7.07. The molecule has 1 fully saturated rings. The van der Waals surface area contributed by atoms with Gasteiger partial charge in [-0.1, -0.05) is 13.8 Å². The fraction of sp³-hybridized carbons (Fsp3) is 0.588. The van der Waals surface area contributed by atoms with Crippen molar-refractivity contribution in [3.8, 4) is 0 Å². The third-order valence-electron chi connectivity index (χ3n) is 4.34. The predicted octanol–water partition coefficient (Wildman–Crippen LogP) is 2.27. The third kappa shape index (κ3) is 4.67. The van der Waals surface area contributed by atoms with Gasteiger partial charge in [-0.3, -0.25) is 14.9 Å². The van der Waals surface area contributed by atoms with E-state index in [2.05, 4.69) is 24.1 Å². The number of hydrogen-bond acceptors (Lipinski definition) is 5. The number of carbonyl (C=O) groups is 1. The number of nitrogens with two attached hydrogens (primary N) is 1. The Labute approximate surface area is 142 Å². The van der Waals surface area contributed by atoms with Crippen molar-refractivity contribution in [3.63, 3.8) is 0 Å². The first-order chi connectivity index (χ1) is 11.3. The van der Waals surface area contributed by atoms with Crippen LogP contribution < -0.4 is 11.1 Å². The van der Waals surface area contributed by atoms with Gasteiger partial charge in [-0.2, -0.15) is 0 Å². The standard InChI is InChI=1S/C17H26N4O3/c1-11-6-12(2)9-20(8-11)10-13(3)19-17(22)14-4-5-15(18)16(7-14)21(23)24/h4-5,7,11-13H,6,8-10,18H2,1-3H3,(H,19,22). The van der Waals surface area contributed by atoms with E-state index in [-0.39, 0.29) is 28.9 Å². The highest BCUT2D eigenvalue weighted by atomic mass is 16.6. The maximum atomic E-state index is 12.3. The Kier molecular flexibility index (Phi) is 5.77. The number of anilines is 1. The summed E-state index contributed by atoms with van der Waals surface area (Å²) in [5.74, 6) is 1.01. The van der Waals surface area contributed by atoms with Crippen LogP contribution in [0.1, 0.15) is 37.6 Å². The fourth-order valence-corrected chi connectivity index (χ4v) is 3.52. The first-order valence-electron chi connectivity index (χ1n) is 8.33.